The number of benzene rings is 2. The zero-order valence-electron chi connectivity index (χ0n) is 15.8. The quantitative estimate of drug-likeness (QED) is 0.640. The molecule has 0 radical (unpaired) electrons. The van der Waals surface area contributed by atoms with Gasteiger partial charge in [-0.05, 0) is 20.3 Å². The Hall–Kier alpha value is -2.05. The highest BCUT2D eigenvalue weighted by atomic mass is 32.2. The zero-order valence-corrected chi connectivity index (χ0v) is 17.5. The SMILES string of the molecule is Cc1ccc(C(=O)SCC2CC(CSC(=O)c3ccc(C)cc3)C(=O)O2)cc1. The van der Waals surface area contributed by atoms with Gasteiger partial charge in [0.15, 0.2) is 0 Å². The van der Waals surface area contributed by atoms with Crippen molar-refractivity contribution in [2.45, 2.75) is 26.4 Å². The van der Waals surface area contributed by atoms with Crippen molar-refractivity contribution in [3.05, 3.63) is 70.8 Å². The van der Waals surface area contributed by atoms with Gasteiger partial charge in [0.2, 0.25) is 10.2 Å². The van der Waals surface area contributed by atoms with Crippen LogP contribution >= 0.6 is 23.5 Å². The summed E-state index contributed by atoms with van der Waals surface area (Å²) in [7, 11) is 0. The molecule has 2 aromatic rings. The number of carbonyl (C=O) groups is 3. The molecule has 0 aliphatic carbocycles. The summed E-state index contributed by atoms with van der Waals surface area (Å²) < 4.78 is 5.40. The maximum Gasteiger partial charge on any atom is 0.310 e. The number of esters is 1. The van der Waals surface area contributed by atoms with Crippen molar-refractivity contribution < 1.29 is 19.1 Å². The minimum atomic E-state index is -0.306. The van der Waals surface area contributed by atoms with Crippen molar-refractivity contribution in [3.8, 4) is 0 Å². The molecule has 2 unspecified atom stereocenters. The number of thioether (sulfide) groups is 2. The largest absolute Gasteiger partial charge is 0.461 e. The fraction of sp³-hybridized carbons (Fsp3) is 0.318. The van der Waals surface area contributed by atoms with Gasteiger partial charge in [-0.1, -0.05) is 83.2 Å². The summed E-state index contributed by atoms with van der Waals surface area (Å²) in [5.41, 5.74) is 3.49. The molecule has 0 spiro atoms. The van der Waals surface area contributed by atoms with E-state index in [2.05, 4.69) is 0 Å². The lowest BCUT2D eigenvalue weighted by molar-refractivity contribution is -0.143. The van der Waals surface area contributed by atoms with Crippen LogP contribution in [0.25, 0.3) is 0 Å². The molecule has 1 fully saturated rings. The Bertz CT molecular complexity index is 859. The Morgan fingerprint density at radius 2 is 1.32 bits per heavy atom. The third-order valence-corrected chi connectivity index (χ3v) is 6.66. The van der Waals surface area contributed by atoms with E-state index in [9.17, 15) is 14.4 Å². The predicted octanol–water partition coefficient (Wildman–Crippen LogP) is 4.68. The number of cyclic esters (lactones) is 1. The summed E-state index contributed by atoms with van der Waals surface area (Å²) in [6.07, 6.45) is 0.258. The molecule has 28 heavy (non-hydrogen) atoms. The van der Waals surface area contributed by atoms with Gasteiger partial charge in [0.25, 0.3) is 0 Å². The summed E-state index contributed by atoms with van der Waals surface area (Å²) >= 11 is 2.32. The number of hydrogen-bond donors (Lipinski definition) is 0. The molecule has 0 N–H and O–H groups in total. The summed E-state index contributed by atoms with van der Waals surface area (Å²) in [6.45, 7) is 3.94. The second kappa shape index (κ2) is 9.43. The molecule has 3 rings (SSSR count). The highest BCUT2D eigenvalue weighted by Gasteiger charge is 2.35. The van der Waals surface area contributed by atoms with Crippen LogP contribution in [0.15, 0.2) is 48.5 Å². The van der Waals surface area contributed by atoms with Crippen LogP contribution in [0.4, 0.5) is 0 Å². The second-order valence-electron chi connectivity index (χ2n) is 6.92. The van der Waals surface area contributed by atoms with E-state index < -0.39 is 0 Å². The van der Waals surface area contributed by atoms with Gasteiger partial charge in [0.05, 0.1) is 5.92 Å². The Labute approximate surface area is 173 Å². The van der Waals surface area contributed by atoms with E-state index in [-0.39, 0.29) is 28.2 Å². The molecule has 0 bridgehead atoms. The van der Waals surface area contributed by atoms with Crippen LogP contribution in [0.5, 0.6) is 0 Å². The first-order valence-electron chi connectivity index (χ1n) is 9.10. The van der Waals surface area contributed by atoms with Crippen LogP contribution in [0, 0.1) is 19.8 Å². The summed E-state index contributed by atoms with van der Waals surface area (Å²) in [5.74, 6) is 0.251. The Morgan fingerprint density at radius 1 is 0.857 bits per heavy atom. The molecular weight excluding hydrogens is 392 g/mol. The van der Waals surface area contributed by atoms with E-state index in [0.29, 0.717) is 29.1 Å². The number of aryl methyl sites for hydroxylation is 2. The van der Waals surface area contributed by atoms with Gasteiger partial charge < -0.3 is 4.74 Å². The van der Waals surface area contributed by atoms with Crippen molar-refractivity contribution in [2.24, 2.45) is 5.92 Å². The van der Waals surface area contributed by atoms with Crippen LogP contribution in [0.2, 0.25) is 0 Å². The minimum Gasteiger partial charge on any atom is -0.461 e. The fourth-order valence-corrected chi connectivity index (χ4v) is 4.62. The number of rotatable bonds is 6. The van der Waals surface area contributed by atoms with Gasteiger partial charge in [0, 0.05) is 22.6 Å². The summed E-state index contributed by atoms with van der Waals surface area (Å²) in [6, 6.07) is 14.8. The molecule has 1 saturated heterocycles. The molecule has 0 aromatic heterocycles. The number of hydrogen-bond acceptors (Lipinski definition) is 6. The van der Waals surface area contributed by atoms with Crippen molar-refractivity contribution in [1.82, 2.24) is 0 Å². The van der Waals surface area contributed by atoms with Crippen LogP contribution in [-0.2, 0) is 9.53 Å². The molecule has 2 aromatic carbocycles. The van der Waals surface area contributed by atoms with Crippen molar-refractivity contribution in [1.29, 1.82) is 0 Å². The third-order valence-electron chi connectivity index (χ3n) is 4.55. The van der Waals surface area contributed by atoms with Crippen LogP contribution in [0.1, 0.15) is 38.3 Å². The molecule has 4 nitrogen and oxygen atoms in total. The first-order valence-corrected chi connectivity index (χ1v) is 11.1. The molecular formula is C22H22O4S2. The highest BCUT2D eigenvalue weighted by molar-refractivity contribution is 8.14. The molecule has 6 heteroatoms. The zero-order chi connectivity index (χ0) is 20.1. The Balaban J connectivity index is 1.45. The van der Waals surface area contributed by atoms with E-state index in [1.807, 2.05) is 38.1 Å². The monoisotopic (exact) mass is 414 g/mol. The topological polar surface area (TPSA) is 60.4 Å². The van der Waals surface area contributed by atoms with Crippen LogP contribution < -0.4 is 0 Å². The van der Waals surface area contributed by atoms with Crippen molar-refractivity contribution in [2.75, 3.05) is 11.5 Å². The number of carbonyl (C=O) groups excluding carboxylic acids is 3. The molecule has 0 saturated carbocycles. The van der Waals surface area contributed by atoms with Gasteiger partial charge >= 0.3 is 5.97 Å². The number of ether oxygens (including phenoxy) is 1. The lowest BCUT2D eigenvalue weighted by Gasteiger charge is -2.08. The van der Waals surface area contributed by atoms with Crippen LogP contribution in [-0.4, -0.2) is 33.8 Å². The molecule has 146 valence electrons. The lowest BCUT2D eigenvalue weighted by atomic mass is 10.1. The average Bonchev–Trinajstić information content (AvgIpc) is 3.05. The Kier molecular flexibility index (Phi) is 6.97. The van der Waals surface area contributed by atoms with E-state index >= 15 is 0 Å². The lowest BCUT2D eigenvalue weighted by Crippen LogP contribution is -2.11. The molecule has 1 aliphatic heterocycles. The van der Waals surface area contributed by atoms with Gasteiger partial charge in [-0.3, -0.25) is 14.4 Å². The molecule has 1 aliphatic rings. The second-order valence-corrected chi connectivity index (χ2v) is 8.91. The summed E-state index contributed by atoms with van der Waals surface area (Å²) in [4.78, 5) is 36.6. The standard InChI is InChI=1S/C22H22O4S2/c1-14-3-7-16(8-4-14)21(24)27-12-18-11-19(26-20(18)23)13-28-22(25)17-9-5-15(2)6-10-17/h3-10,18-19H,11-13H2,1-2H3. The fourth-order valence-electron chi connectivity index (χ4n) is 2.85. The smallest absolute Gasteiger partial charge is 0.310 e. The molecule has 2 atom stereocenters. The van der Waals surface area contributed by atoms with E-state index in [1.165, 1.54) is 11.8 Å². The first kappa shape index (κ1) is 20.7. The third kappa shape index (κ3) is 5.49. The molecule has 0 amide bonds. The average molecular weight is 415 g/mol. The van der Waals surface area contributed by atoms with E-state index in [1.54, 1.807) is 24.3 Å². The van der Waals surface area contributed by atoms with E-state index in [4.69, 9.17) is 4.74 Å². The predicted molar refractivity (Wildman–Crippen MR) is 114 cm³/mol. The first-order chi connectivity index (χ1) is 13.4. The summed E-state index contributed by atoms with van der Waals surface area (Å²) in [5, 5.41) is -0.0661. The van der Waals surface area contributed by atoms with Gasteiger partial charge in [-0.2, -0.15) is 0 Å². The van der Waals surface area contributed by atoms with Crippen LogP contribution in [0.3, 0.4) is 0 Å². The van der Waals surface area contributed by atoms with Gasteiger partial charge in [0.1, 0.15) is 6.10 Å². The van der Waals surface area contributed by atoms with Gasteiger partial charge in [-0.25, -0.2) is 0 Å². The normalized spacial score (nSPS) is 18.7. The molecule has 1 heterocycles. The van der Waals surface area contributed by atoms with Gasteiger partial charge in [-0.15, -0.1) is 0 Å². The Morgan fingerprint density at radius 3 is 1.82 bits per heavy atom. The maximum absolute atomic E-state index is 12.3. The van der Waals surface area contributed by atoms with Crippen molar-refractivity contribution >= 4 is 39.7 Å². The minimum absolute atomic E-state index is 0.0246. The maximum atomic E-state index is 12.3. The van der Waals surface area contributed by atoms with Crippen molar-refractivity contribution in [3.63, 3.8) is 0 Å². The van der Waals surface area contributed by atoms with E-state index in [0.717, 1.165) is 22.9 Å². The highest BCUT2D eigenvalue weighted by Crippen LogP contribution is 2.29.